The van der Waals surface area contributed by atoms with Crippen LogP contribution in [0.3, 0.4) is 0 Å². The van der Waals surface area contributed by atoms with Crippen LogP contribution in [0, 0.1) is 0 Å². The van der Waals surface area contributed by atoms with Crippen LogP contribution in [0.15, 0.2) is 78.6 Å². The number of nitrogens with zero attached hydrogens (tertiary/aromatic N) is 2. The van der Waals surface area contributed by atoms with Gasteiger partial charge in [0.2, 0.25) is 0 Å². The summed E-state index contributed by atoms with van der Waals surface area (Å²) < 4.78 is 11.3. The van der Waals surface area contributed by atoms with E-state index in [1.807, 2.05) is 19.1 Å². The second-order valence-electron chi connectivity index (χ2n) is 8.51. The summed E-state index contributed by atoms with van der Waals surface area (Å²) in [6.45, 7) is 5.26. The molecule has 36 heavy (non-hydrogen) atoms. The van der Waals surface area contributed by atoms with Crippen molar-refractivity contribution in [2.24, 2.45) is 0 Å². The van der Waals surface area contributed by atoms with Gasteiger partial charge in [0.1, 0.15) is 17.3 Å². The molecule has 1 saturated heterocycles. The lowest BCUT2D eigenvalue weighted by molar-refractivity contribution is -0.140. The summed E-state index contributed by atoms with van der Waals surface area (Å²) in [5, 5.41) is 11.3. The van der Waals surface area contributed by atoms with Gasteiger partial charge in [-0.2, -0.15) is 0 Å². The van der Waals surface area contributed by atoms with Crippen molar-refractivity contribution >= 4 is 17.4 Å². The summed E-state index contributed by atoms with van der Waals surface area (Å²) in [5.74, 6) is -0.342. The summed E-state index contributed by atoms with van der Waals surface area (Å²) in [6.07, 6.45) is 5.19. The normalized spacial score (nSPS) is 16.8. The van der Waals surface area contributed by atoms with Crippen LogP contribution < -0.4 is 9.47 Å². The van der Waals surface area contributed by atoms with Crippen LogP contribution in [-0.4, -0.2) is 39.9 Å². The van der Waals surface area contributed by atoms with Gasteiger partial charge in [-0.15, -0.1) is 0 Å². The number of pyridine rings is 1. The predicted octanol–water partition coefficient (Wildman–Crippen LogP) is 5.28. The van der Waals surface area contributed by atoms with Gasteiger partial charge in [0, 0.05) is 24.5 Å². The monoisotopic (exact) mass is 486 g/mol. The first-order valence-corrected chi connectivity index (χ1v) is 12.2. The maximum absolute atomic E-state index is 13.3. The Kier molecular flexibility index (Phi) is 8.00. The van der Waals surface area contributed by atoms with E-state index < -0.39 is 17.7 Å². The zero-order chi connectivity index (χ0) is 25.5. The van der Waals surface area contributed by atoms with Crippen LogP contribution in [0.5, 0.6) is 11.5 Å². The molecule has 0 aliphatic carbocycles. The van der Waals surface area contributed by atoms with Crippen molar-refractivity contribution in [2.45, 2.75) is 39.3 Å². The number of hydrogen-bond acceptors (Lipinski definition) is 6. The Balaban J connectivity index is 1.77. The van der Waals surface area contributed by atoms with Gasteiger partial charge in [-0.3, -0.25) is 14.6 Å². The molecule has 1 N–H and O–H groups in total. The molecular formula is C29H30N2O5. The molecule has 1 amide bonds. The number of carbonyl (C=O) groups excluding carboxylic acids is 2. The topological polar surface area (TPSA) is 89.0 Å². The number of carbonyl (C=O) groups is 2. The number of unbranched alkanes of at least 4 members (excludes halogenated alkanes) is 1. The van der Waals surface area contributed by atoms with Crippen LogP contribution in [-0.2, 0) is 16.1 Å². The number of hydrogen-bond donors (Lipinski definition) is 1. The van der Waals surface area contributed by atoms with Crippen molar-refractivity contribution < 1.29 is 24.2 Å². The van der Waals surface area contributed by atoms with Gasteiger partial charge in [0.15, 0.2) is 0 Å². The van der Waals surface area contributed by atoms with Gasteiger partial charge in [-0.05, 0) is 60.9 Å². The third-order valence-electron chi connectivity index (χ3n) is 6.02. The summed E-state index contributed by atoms with van der Waals surface area (Å²) in [4.78, 5) is 32.0. The van der Waals surface area contributed by atoms with Crippen LogP contribution in [0.25, 0.3) is 5.76 Å². The number of aromatic nitrogens is 1. The fourth-order valence-corrected chi connectivity index (χ4v) is 4.21. The Hall–Kier alpha value is -4.13. The van der Waals surface area contributed by atoms with Gasteiger partial charge >= 0.3 is 0 Å². The van der Waals surface area contributed by atoms with E-state index in [-0.39, 0.29) is 17.9 Å². The molecule has 2 aromatic carbocycles. The van der Waals surface area contributed by atoms with E-state index in [1.165, 1.54) is 4.90 Å². The van der Waals surface area contributed by atoms with Gasteiger partial charge in [-0.25, -0.2) is 0 Å². The number of aliphatic hydroxyl groups excluding tert-OH is 1. The molecule has 0 radical (unpaired) electrons. The Labute approximate surface area is 211 Å². The lowest BCUT2D eigenvalue weighted by Gasteiger charge is -2.25. The molecular weight excluding hydrogens is 456 g/mol. The van der Waals surface area contributed by atoms with E-state index in [9.17, 15) is 14.7 Å². The average molecular weight is 487 g/mol. The highest BCUT2D eigenvalue weighted by molar-refractivity contribution is 6.46. The summed E-state index contributed by atoms with van der Waals surface area (Å²) in [6, 6.07) is 17.0. The van der Waals surface area contributed by atoms with Crippen molar-refractivity contribution in [2.75, 3.05) is 13.2 Å². The smallest absolute Gasteiger partial charge is 0.295 e. The molecule has 0 saturated carbocycles. The number of likely N-dealkylation sites (tertiary alicyclic amines) is 1. The first-order valence-electron chi connectivity index (χ1n) is 12.2. The van der Waals surface area contributed by atoms with Gasteiger partial charge in [0.25, 0.3) is 11.7 Å². The lowest BCUT2D eigenvalue weighted by Crippen LogP contribution is -2.29. The van der Waals surface area contributed by atoms with E-state index in [1.54, 1.807) is 60.9 Å². The summed E-state index contributed by atoms with van der Waals surface area (Å²) >= 11 is 0. The van der Waals surface area contributed by atoms with Crippen molar-refractivity contribution in [3.05, 3.63) is 95.3 Å². The highest BCUT2D eigenvalue weighted by Gasteiger charge is 2.46. The predicted molar refractivity (Wildman–Crippen MR) is 137 cm³/mol. The maximum Gasteiger partial charge on any atom is 0.295 e. The van der Waals surface area contributed by atoms with Crippen molar-refractivity contribution in [1.29, 1.82) is 0 Å². The SMILES string of the molecule is CCCCOc1cccc(/C(O)=C2\C(=O)C(=O)N(Cc3ccncc3)C2c2ccc(OCC)cc2)c1. The van der Waals surface area contributed by atoms with E-state index >= 15 is 0 Å². The van der Waals surface area contributed by atoms with Crippen molar-refractivity contribution in [1.82, 2.24) is 9.88 Å². The molecule has 1 aliphatic heterocycles. The minimum atomic E-state index is -0.765. The standard InChI is InChI=1S/C29H30N2O5/c1-3-5-17-36-24-8-6-7-22(18-24)27(32)25-26(21-9-11-23(12-10-21)35-4-2)31(29(34)28(25)33)19-20-13-15-30-16-14-20/h6-16,18,26,32H,3-5,17,19H2,1-2H3/b27-25+. The molecule has 1 aromatic heterocycles. The minimum Gasteiger partial charge on any atom is -0.507 e. The first-order chi connectivity index (χ1) is 17.5. The van der Waals surface area contributed by atoms with Crippen molar-refractivity contribution in [3.8, 4) is 11.5 Å². The molecule has 0 bridgehead atoms. The van der Waals surface area contributed by atoms with Gasteiger partial charge in [-0.1, -0.05) is 37.6 Å². The molecule has 186 valence electrons. The molecule has 7 nitrogen and oxygen atoms in total. The average Bonchev–Trinajstić information content (AvgIpc) is 3.15. The van der Waals surface area contributed by atoms with E-state index in [0.29, 0.717) is 35.8 Å². The Morgan fingerprint density at radius 2 is 1.72 bits per heavy atom. The number of Topliss-reactive ketones (excluding diaryl/α,β-unsaturated/α-hetero) is 1. The van der Waals surface area contributed by atoms with Crippen LogP contribution in [0.4, 0.5) is 0 Å². The fraction of sp³-hybridized carbons (Fsp3) is 0.276. The number of amides is 1. The number of rotatable bonds is 10. The number of ether oxygens (including phenoxy) is 2. The number of aliphatic hydroxyl groups is 1. The van der Waals surface area contributed by atoms with Gasteiger partial charge < -0.3 is 19.5 Å². The third-order valence-corrected chi connectivity index (χ3v) is 6.02. The molecule has 4 rings (SSSR count). The largest absolute Gasteiger partial charge is 0.507 e. The second-order valence-corrected chi connectivity index (χ2v) is 8.51. The number of benzene rings is 2. The molecule has 3 aromatic rings. The molecule has 2 heterocycles. The quantitative estimate of drug-likeness (QED) is 0.182. The molecule has 1 atom stereocenters. The third kappa shape index (κ3) is 5.40. The molecule has 7 heteroatoms. The zero-order valence-corrected chi connectivity index (χ0v) is 20.5. The Morgan fingerprint density at radius 1 is 0.972 bits per heavy atom. The van der Waals surface area contributed by atoms with Crippen LogP contribution >= 0.6 is 0 Å². The fourth-order valence-electron chi connectivity index (χ4n) is 4.21. The highest BCUT2D eigenvalue weighted by Crippen LogP contribution is 2.41. The van der Waals surface area contributed by atoms with E-state index in [4.69, 9.17) is 9.47 Å². The molecule has 1 fully saturated rings. The summed E-state index contributed by atoms with van der Waals surface area (Å²) in [7, 11) is 0. The Morgan fingerprint density at radius 3 is 2.42 bits per heavy atom. The molecule has 1 aliphatic rings. The van der Waals surface area contributed by atoms with E-state index in [0.717, 1.165) is 18.4 Å². The summed E-state index contributed by atoms with van der Waals surface area (Å²) in [5.41, 5.74) is 1.99. The molecule has 0 spiro atoms. The van der Waals surface area contributed by atoms with Crippen LogP contribution in [0.2, 0.25) is 0 Å². The number of ketones is 1. The highest BCUT2D eigenvalue weighted by atomic mass is 16.5. The molecule has 1 unspecified atom stereocenters. The van der Waals surface area contributed by atoms with Crippen LogP contribution in [0.1, 0.15) is 49.4 Å². The Bertz CT molecular complexity index is 1240. The lowest BCUT2D eigenvalue weighted by atomic mass is 9.95. The van der Waals surface area contributed by atoms with E-state index in [2.05, 4.69) is 11.9 Å². The minimum absolute atomic E-state index is 0.0453. The van der Waals surface area contributed by atoms with Crippen molar-refractivity contribution in [3.63, 3.8) is 0 Å². The van der Waals surface area contributed by atoms with Gasteiger partial charge in [0.05, 0.1) is 24.8 Å². The maximum atomic E-state index is 13.3. The second kappa shape index (κ2) is 11.5. The first kappa shape index (κ1) is 25.0. The zero-order valence-electron chi connectivity index (χ0n) is 20.5.